The van der Waals surface area contributed by atoms with E-state index in [1.54, 1.807) is 0 Å². The number of hydrogen-bond acceptors (Lipinski definition) is 4. The second-order valence-electron chi connectivity index (χ2n) is 4.89. The van der Waals surface area contributed by atoms with Crippen LogP contribution in [0.2, 0.25) is 0 Å². The van der Waals surface area contributed by atoms with Crippen molar-refractivity contribution < 1.29 is 4.79 Å². The molecular formula is C13H20N4O2. The minimum absolute atomic E-state index is 0.135. The maximum atomic E-state index is 12.4. The first kappa shape index (κ1) is 13.7. The second kappa shape index (κ2) is 5.97. The molecule has 1 amide bonds. The van der Waals surface area contributed by atoms with Crippen LogP contribution >= 0.6 is 0 Å². The Morgan fingerprint density at radius 2 is 2.32 bits per heavy atom. The summed E-state index contributed by atoms with van der Waals surface area (Å²) >= 11 is 0. The van der Waals surface area contributed by atoms with Gasteiger partial charge in [0, 0.05) is 18.7 Å². The van der Waals surface area contributed by atoms with E-state index in [0.29, 0.717) is 19.0 Å². The Balaban J connectivity index is 2.19. The molecule has 3 N–H and O–H groups in total. The highest BCUT2D eigenvalue weighted by molar-refractivity contribution is 5.92. The highest BCUT2D eigenvalue weighted by atomic mass is 16.2. The van der Waals surface area contributed by atoms with E-state index < -0.39 is 0 Å². The summed E-state index contributed by atoms with van der Waals surface area (Å²) in [6.45, 7) is 3.18. The lowest BCUT2D eigenvalue weighted by Gasteiger charge is -2.31. The minimum atomic E-state index is -0.305. The third-order valence-corrected chi connectivity index (χ3v) is 3.82. The number of nitrogens with one attached hydrogen (secondary N) is 1. The average Bonchev–Trinajstić information content (AvgIpc) is 2.88. The summed E-state index contributed by atoms with van der Waals surface area (Å²) < 4.78 is 0. The largest absolute Gasteiger partial charge is 0.334 e. The van der Waals surface area contributed by atoms with Crippen LogP contribution in [0.15, 0.2) is 16.9 Å². The summed E-state index contributed by atoms with van der Waals surface area (Å²) in [5, 5.41) is 6.11. The SMILES string of the molecule is CCN(C(=O)c1ccc(=O)[nH]n1)C1CCCC1CN. The standard InChI is InChI=1S/C13H20N4O2/c1-2-17(11-5-3-4-9(11)8-14)13(19)10-6-7-12(18)16-15-10/h6-7,9,11H,2-5,8,14H2,1H3,(H,16,18). The van der Waals surface area contributed by atoms with Crippen LogP contribution in [0.5, 0.6) is 0 Å². The van der Waals surface area contributed by atoms with Crippen LogP contribution in [0.1, 0.15) is 36.7 Å². The predicted molar refractivity (Wildman–Crippen MR) is 71.8 cm³/mol. The first-order valence-electron chi connectivity index (χ1n) is 6.74. The lowest BCUT2D eigenvalue weighted by Crippen LogP contribution is -2.44. The quantitative estimate of drug-likeness (QED) is 0.821. The zero-order valence-corrected chi connectivity index (χ0v) is 11.1. The minimum Gasteiger partial charge on any atom is -0.334 e. The molecule has 0 spiro atoms. The molecule has 19 heavy (non-hydrogen) atoms. The Morgan fingerprint density at radius 3 is 2.89 bits per heavy atom. The summed E-state index contributed by atoms with van der Waals surface area (Å²) in [7, 11) is 0. The van der Waals surface area contributed by atoms with Crippen LogP contribution in [0.3, 0.4) is 0 Å². The van der Waals surface area contributed by atoms with Gasteiger partial charge in [-0.2, -0.15) is 5.10 Å². The zero-order valence-electron chi connectivity index (χ0n) is 11.1. The van der Waals surface area contributed by atoms with Gasteiger partial charge in [0.25, 0.3) is 11.5 Å². The Labute approximate surface area is 112 Å². The van der Waals surface area contributed by atoms with E-state index in [-0.39, 0.29) is 23.2 Å². The topological polar surface area (TPSA) is 92.1 Å². The lowest BCUT2D eigenvalue weighted by molar-refractivity contribution is 0.0644. The van der Waals surface area contributed by atoms with E-state index in [4.69, 9.17) is 5.73 Å². The van der Waals surface area contributed by atoms with Gasteiger partial charge in [-0.05, 0) is 38.3 Å². The van der Waals surface area contributed by atoms with Crippen molar-refractivity contribution in [3.05, 3.63) is 28.2 Å². The summed E-state index contributed by atoms with van der Waals surface area (Å²) in [6, 6.07) is 2.98. The van der Waals surface area contributed by atoms with Gasteiger partial charge in [-0.3, -0.25) is 9.59 Å². The van der Waals surface area contributed by atoms with Gasteiger partial charge in [0.05, 0.1) is 0 Å². The number of amides is 1. The molecule has 0 saturated heterocycles. The molecule has 0 aliphatic heterocycles. The highest BCUT2D eigenvalue weighted by Gasteiger charge is 2.33. The smallest absolute Gasteiger partial charge is 0.274 e. The third kappa shape index (κ3) is 2.84. The van der Waals surface area contributed by atoms with Gasteiger partial charge in [0.15, 0.2) is 0 Å². The molecule has 0 radical (unpaired) electrons. The number of carbonyl (C=O) groups excluding carboxylic acids is 1. The van der Waals surface area contributed by atoms with Crippen molar-refractivity contribution in [2.75, 3.05) is 13.1 Å². The molecule has 2 rings (SSSR count). The van der Waals surface area contributed by atoms with E-state index in [1.165, 1.54) is 12.1 Å². The number of aromatic amines is 1. The summed E-state index contributed by atoms with van der Waals surface area (Å²) in [6.07, 6.45) is 3.17. The van der Waals surface area contributed by atoms with Crippen LogP contribution in [0.4, 0.5) is 0 Å². The van der Waals surface area contributed by atoms with Crippen molar-refractivity contribution in [3.8, 4) is 0 Å². The number of H-pyrrole nitrogens is 1. The highest BCUT2D eigenvalue weighted by Crippen LogP contribution is 2.29. The fourth-order valence-electron chi connectivity index (χ4n) is 2.84. The number of carbonyl (C=O) groups is 1. The van der Waals surface area contributed by atoms with Crippen molar-refractivity contribution in [3.63, 3.8) is 0 Å². The van der Waals surface area contributed by atoms with Crippen molar-refractivity contribution in [1.82, 2.24) is 15.1 Å². The molecular weight excluding hydrogens is 244 g/mol. The number of nitrogens with zero attached hydrogens (tertiary/aromatic N) is 2. The van der Waals surface area contributed by atoms with Gasteiger partial charge in [-0.25, -0.2) is 5.10 Å². The summed E-state index contributed by atoms with van der Waals surface area (Å²) in [4.78, 5) is 25.2. The molecule has 1 fully saturated rings. The van der Waals surface area contributed by atoms with Gasteiger partial charge in [0.2, 0.25) is 0 Å². The Kier molecular flexibility index (Phi) is 4.31. The molecule has 1 saturated carbocycles. The molecule has 0 aromatic carbocycles. The van der Waals surface area contributed by atoms with Crippen LogP contribution < -0.4 is 11.3 Å². The number of hydrogen-bond donors (Lipinski definition) is 2. The van der Waals surface area contributed by atoms with Gasteiger partial charge in [0.1, 0.15) is 5.69 Å². The van der Waals surface area contributed by atoms with Crippen LogP contribution in [-0.4, -0.2) is 40.1 Å². The average molecular weight is 264 g/mol. The molecule has 1 aliphatic carbocycles. The van der Waals surface area contributed by atoms with Gasteiger partial charge < -0.3 is 10.6 Å². The van der Waals surface area contributed by atoms with E-state index in [2.05, 4.69) is 10.2 Å². The predicted octanol–water partition coefficient (Wildman–Crippen LogP) is 0.359. The van der Waals surface area contributed by atoms with E-state index in [1.807, 2.05) is 11.8 Å². The van der Waals surface area contributed by atoms with E-state index >= 15 is 0 Å². The first-order valence-corrected chi connectivity index (χ1v) is 6.74. The summed E-state index contributed by atoms with van der Waals surface area (Å²) in [5.41, 5.74) is 5.75. The Hall–Kier alpha value is -1.69. The fraction of sp³-hybridized carbons (Fsp3) is 0.615. The van der Waals surface area contributed by atoms with E-state index in [9.17, 15) is 9.59 Å². The van der Waals surface area contributed by atoms with Gasteiger partial charge in [-0.15, -0.1) is 0 Å². The van der Waals surface area contributed by atoms with Crippen molar-refractivity contribution in [2.24, 2.45) is 11.7 Å². The molecule has 1 heterocycles. The molecule has 6 nitrogen and oxygen atoms in total. The molecule has 104 valence electrons. The normalized spacial score (nSPS) is 22.4. The zero-order chi connectivity index (χ0) is 13.8. The number of nitrogens with two attached hydrogens (primary N) is 1. The monoisotopic (exact) mass is 264 g/mol. The van der Waals surface area contributed by atoms with Crippen LogP contribution in [0.25, 0.3) is 0 Å². The maximum Gasteiger partial charge on any atom is 0.274 e. The Bertz CT molecular complexity index is 479. The van der Waals surface area contributed by atoms with Crippen LogP contribution in [-0.2, 0) is 0 Å². The molecule has 1 aliphatic rings. The van der Waals surface area contributed by atoms with E-state index in [0.717, 1.165) is 19.3 Å². The molecule has 6 heteroatoms. The van der Waals surface area contributed by atoms with Gasteiger partial charge >= 0.3 is 0 Å². The second-order valence-corrected chi connectivity index (χ2v) is 4.89. The lowest BCUT2D eigenvalue weighted by atomic mass is 10.0. The van der Waals surface area contributed by atoms with Crippen molar-refractivity contribution in [2.45, 2.75) is 32.2 Å². The fourth-order valence-corrected chi connectivity index (χ4v) is 2.84. The third-order valence-electron chi connectivity index (χ3n) is 3.82. The first-order chi connectivity index (χ1) is 9.17. The van der Waals surface area contributed by atoms with Crippen molar-refractivity contribution >= 4 is 5.91 Å². The summed E-state index contributed by atoms with van der Waals surface area (Å²) in [5.74, 6) is 0.232. The maximum absolute atomic E-state index is 12.4. The van der Waals surface area contributed by atoms with Crippen LogP contribution in [0, 0.1) is 5.92 Å². The molecule has 0 bridgehead atoms. The molecule has 2 unspecified atom stereocenters. The molecule has 2 atom stereocenters. The van der Waals surface area contributed by atoms with Gasteiger partial charge in [-0.1, -0.05) is 6.42 Å². The number of rotatable bonds is 4. The molecule has 1 aromatic rings. The molecule has 1 aromatic heterocycles. The van der Waals surface area contributed by atoms with Crippen molar-refractivity contribution in [1.29, 1.82) is 0 Å². The number of aromatic nitrogens is 2. The Morgan fingerprint density at radius 1 is 1.53 bits per heavy atom.